The number of carbonyl (C=O) groups is 2. The second-order valence-corrected chi connectivity index (χ2v) is 25.8. The van der Waals surface area contributed by atoms with E-state index in [-0.39, 0.29) is 11.6 Å². The summed E-state index contributed by atoms with van der Waals surface area (Å²) in [6.07, 6.45) is 20.6. The standard InChI is InChI=1S/C57H71NO3S6/c1-9-15-19-20-24-39(23-18-12-4)34-61-41-29-36(8)63-55(41)54-40(33-58)32-45(66-54)42-27-28-44(64-42)57-51-50(56(67-57)43-26-25-35(7)62-43)52(59)48-46(30-37(13-5)21-16-10-2)65-47(49(48)53(51)60)31-38(14-6)22-17-11-3/h25-29,32,37-39H,9-24,30-31,34H2,1-8H3. The molecular weight excluding hydrogens is 939 g/mol. The molecule has 1 aliphatic rings. The first-order chi connectivity index (χ1) is 32.6. The fraction of sp³-hybridized carbons (Fsp3) is 0.526. The third-order valence-electron chi connectivity index (χ3n) is 13.7. The summed E-state index contributed by atoms with van der Waals surface area (Å²) in [6, 6.07) is 15.2. The third kappa shape index (κ3) is 11.9. The Hall–Kier alpha value is -3.17. The number of nitriles is 1. The Balaban J connectivity index is 1.26. The molecule has 0 aromatic carbocycles. The number of ether oxygens (including phenoxy) is 1. The topological polar surface area (TPSA) is 67.2 Å². The van der Waals surface area contributed by atoms with E-state index in [1.165, 1.54) is 74.0 Å². The number of rotatable bonds is 27. The summed E-state index contributed by atoms with van der Waals surface area (Å²) in [5.41, 5.74) is 3.25. The first-order valence-electron chi connectivity index (χ1n) is 25.4. The molecule has 0 radical (unpaired) electrons. The van der Waals surface area contributed by atoms with E-state index in [1.54, 1.807) is 68.0 Å². The maximum absolute atomic E-state index is 15.5. The van der Waals surface area contributed by atoms with Crippen molar-refractivity contribution in [2.45, 2.75) is 171 Å². The number of ketones is 2. The van der Waals surface area contributed by atoms with Gasteiger partial charge in [-0.05, 0) is 93.7 Å². The van der Waals surface area contributed by atoms with Gasteiger partial charge in [0.15, 0.2) is 11.6 Å². The second-order valence-electron chi connectivity index (χ2n) is 18.9. The molecule has 0 amide bonds. The SMILES string of the molecule is CCCCCCC(CCCC)COc1cc(C)sc1-c1sc(-c2ccc(-c3sc(-c4ccc(C)s4)c4c3C(=O)c3c(CC(CC)CCCC)sc(CC(CC)CCCC)c3C4=O)s2)cc1C#N. The van der Waals surface area contributed by atoms with Crippen LogP contribution in [0.25, 0.3) is 39.0 Å². The van der Waals surface area contributed by atoms with E-state index >= 15 is 9.59 Å². The van der Waals surface area contributed by atoms with Gasteiger partial charge in [0.2, 0.25) is 0 Å². The van der Waals surface area contributed by atoms with Crippen molar-refractivity contribution in [3.63, 3.8) is 0 Å². The Morgan fingerprint density at radius 1 is 0.507 bits per heavy atom. The summed E-state index contributed by atoms with van der Waals surface area (Å²) in [6.45, 7) is 18.5. The molecule has 0 saturated carbocycles. The van der Waals surface area contributed by atoms with Crippen LogP contribution in [0, 0.1) is 42.9 Å². The summed E-state index contributed by atoms with van der Waals surface area (Å²) in [4.78, 5) is 43.5. The highest BCUT2D eigenvalue weighted by Gasteiger charge is 2.42. The van der Waals surface area contributed by atoms with Gasteiger partial charge in [-0.3, -0.25) is 9.59 Å². The molecule has 67 heavy (non-hydrogen) atoms. The zero-order valence-electron chi connectivity index (χ0n) is 41.3. The number of fused-ring (bicyclic) bond motifs is 2. The molecule has 0 bridgehead atoms. The fourth-order valence-corrected chi connectivity index (χ4v) is 16.9. The molecule has 0 saturated heterocycles. The Labute approximate surface area is 425 Å². The monoisotopic (exact) mass is 1010 g/mol. The van der Waals surface area contributed by atoms with Crippen molar-refractivity contribution in [2.24, 2.45) is 17.8 Å². The van der Waals surface area contributed by atoms with Gasteiger partial charge in [0.25, 0.3) is 0 Å². The van der Waals surface area contributed by atoms with Gasteiger partial charge in [0.05, 0.1) is 42.8 Å². The van der Waals surface area contributed by atoms with E-state index in [0.29, 0.717) is 52.2 Å². The van der Waals surface area contributed by atoms with Gasteiger partial charge in [-0.25, -0.2) is 0 Å². The van der Waals surface area contributed by atoms with Crippen LogP contribution in [0.1, 0.15) is 201 Å². The van der Waals surface area contributed by atoms with Crippen molar-refractivity contribution in [3.8, 4) is 50.8 Å². The van der Waals surface area contributed by atoms with Crippen molar-refractivity contribution < 1.29 is 14.3 Å². The predicted molar refractivity (Wildman–Crippen MR) is 294 cm³/mol. The molecule has 3 unspecified atom stereocenters. The van der Waals surface area contributed by atoms with Gasteiger partial charge in [-0.2, -0.15) is 5.26 Å². The molecular formula is C57H71NO3S6. The molecule has 6 aromatic heterocycles. The number of aryl methyl sites for hydroxylation is 2. The van der Waals surface area contributed by atoms with Crippen LogP contribution in [-0.4, -0.2) is 18.2 Å². The lowest BCUT2D eigenvalue weighted by Crippen LogP contribution is -2.22. The Morgan fingerprint density at radius 3 is 1.61 bits per heavy atom. The van der Waals surface area contributed by atoms with Crippen molar-refractivity contribution in [1.29, 1.82) is 5.26 Å². The van der Waals surface area contributed by atoms with E-state index in [1.807, 2.05) is 6.07 Å². The average Bonchev–Trinajstić information content (AvgIpc) is 4.20. The smallest absolute Gasteiger partial charge is 0.197 e. The number of thiophene rings is 6. The normalized spacial score (nSPS) is 13.8. The summed E-state index contributed by atoms with van der Waals surface area (Å²) in [5.74, 6) is 2.44. The van der Waals surface area contributed by atoms with Gasteiger partial charge in [0.1, 0.15) is 11.8 Å². The van der Waals surface area contributed by atoms with Crippen LogP contribution in [-0.2, 0) is 12.8 Å². The lowest BCUT2D eigenvalue weighted by Gasteiger charge is -2.19. The van der Waals surface area contributed by atoms with Gasteiger partial charge in [-0.1, -0.05) is 131 Å². The predicted octanol–water partition coefficient (Wildman–Crippen LogP) is 19.7. The number of nitrogens with zero attached hydrogens (tertiary/aromatic N) is 1. The van der Waals surface area contributed by atoms with Crippen molar-refractivity contribution in [1.82, 2.24) is 0 Å². The van der Waals surface area contributed by atoms with Gasteiger partial charge in [0, 0.05) is 50.1 Å². The molecule has 10 heteroatoms. The minimum absolute atomic E-state index is 0.0263. The molecule has 0 fully saturated rings. The maximum atomic E-state index is 15.5. The lowest BCUT2D eigenvalue weighted by atomic mass is 9.81. The first-order valence-corrected chi connectivity index (χ1v) is 30.3. The molecule has 1 aliphatic carbocycles. The first kappa shape index (κ1) is 51.7. The highest BCUT2D eigenvalue weighted by Crippen LogP contribution is 2.54. The average molecular weight is 1010 g/mol. The highest BCUT2D eigenvalue weighted by atomic mass is 32.1. The van der Waals surface area contributed by atoms with Crippen molar-refractivity contribution in [2.75, 3.05) is 6.61 Å². The molecule has 7 rings (SSSR count). The number of unbranched alkanes of at least 4 members (excludes halogenated alkanes) is 6. The Morgan fingerprint density at radius 2 is 1.06 bits per heavy atom. The van der Waals surface area contributed by atoms with Crippen LogP contribution in [0.2, 0.25) is 0 Å². The van der Waals surface area contributed by atoms with Gasteiger partial charge >= 0.3 is 0 Å². The number of hydrogen-bond acceptors (Lipinski definition) is 10. The molecule has 358 valence electrons. The maximum Gasteiger partial charge on any atom is 0.197 e. The minimum atomic E-state index is 0.0263. The quantitative estimate of drug-likeness (QED) is 0.0482. The van der Waals surface area contributed by atoms with E-state index in [2.05, 4.69) is 91.8 Å². The Kier molecular flexibility index (Phi) is 19.0. The minimum Gasteiger partial charge on any atom is -0.492 e. The molecule has 3 atom stereocenters. The summed E-state index contributed by atoms with van der Waals surface area (Å²) >= 11 is 10.1. The van der Waals surface area contributed by atoms with E-state index in [0.717, 1.165) is 106 Å². The van der Waals surface area contributed by atoms with Crippen LogP contribution in [0.3, 0.4) is 0 Å². The fourth-order valence-electron chi connectivity index (χ4n) is 9.71. The molecule has 6 heterocycles. The van der Waals surface area contributed by atoms with Crippen LogP contribution in [0.4, 0.5) is 0 Å². The van der Waals surface area contributed by atoms with Gasteiger partial charge < -0.3 is 4.74 Å². The zero-order chi connectivity index (χ0) is 47.6. The van der Waals surface area contributed by atoms with Crippen molar-refractivity contribution >= 4 is 79.6 Å². The van der Waals surface area contributed by atoms with E-state index < -0.39 is 0 Å². The zero-order valence-corrected chi connectivity index (χ0v) is 46.2. The van der Waals surface area contributed by atoms with Crippen LogP contribution < -0.4 is 4.74 Å². The van der Waals surface area contributed by atoms with Crippen LogP contribution in [0.5, 0.6) is 5.75 Å². The summed E-state index contributed by atoms with van der Waals surface area (Å²) in [7, 11) is 0. The summed E-state index contributed by atoms with van der Waals surface area (Å²) < 4.78 is 6.69. The van der Waals surface area contributed by atoms with Gasteiger partial charge in [-0.15, -0.1) is 68.0 Å². The van der Waals surface area contributed by atoms with Crippen LogP contribution in [0.15, 0.2) is 36.4 Å². The van der Waals surface area contributed by atoms with E-state index in [9.17, 15) is 5.26 Å². The third-order valence-corrected chi connectivity index (χ3v) is 21.1. The molecule has 4 nitrogen and oxygen atoms in total. The molecule has 0 aliphatic heterocycles. The Bertz CT molecular complexity index is 2630. The number of hydrogen-bond donors (Lipinski definition) is 0. The molecule has 6 aromatic rings. The van der Waals surface area contributed by atoms with Crippen molar-refractivity contribution in [3.05, 3.63) is 83.7 Å². The number of carbonyl (C=O) groups excluding carboxylic acids is 2. The highest BCUT2D eigenvalue weighted by molar-refractivity contribution is 7.30. The lowest BCUT2D eigenvalue weighted by molar-refractivity contribution is 0.0980. The second kappa shape index (κ2) is 24.6. The summed E-state index contributed by atoms with van der Waals surface area (Å²) in [5, 5.41) is 10.6. The molecule has 0 N–H and O–H groups in total. The molecule has 0 spiro atoms. The largest absolute Gasteiger partial charge is 0.492 e. The van der Waals surface area contributed by atoms with Crippen LogP contribution >= 0.6 is 68.0 Å². The van der Waals surface area contributed by atoms with E-state index in [4.69, 9.17) is 4.74 Å².